The Morgan fingerprint density at radius 3 is 1.99 bits per heavy atom. The maximum Gasteiger partial charge on any atom is 0.317 e. The van der Waals surface area contributed by atoms with Crippen molar-refractivity contribution in [2.75, 3.05) is 20.6 Å². The average Bonchev–Trinajstić information content (AvgIpc) is 3.54. The Morgan fingerprint density at radius 1 is 0.733 bits per heavy atom. The van der Waals surface area contributed by atoms with Crippen LogP contribution in [-0.4, -0.2) is 220 Å². The van der Waals surface area contributed by atoms with E-state index in [1.165, 1.54) is 26.0 Å². The van der Waals surface area contributed by atoms with Crippen LogP contribution in [0.4, 0.5) is 0 Å². The molecule has 2 heterocycles. The predicted octanol–water partition coefficient (Wildman–Crippen LogP) is 2.47. The monoisotopic (exact) mass is 1230 g/mol. The Kier molecular flexibility index (Phi) is 36.3. The van der Waals surface area contributed by atoms with Gasteiger partial charge < -0.3 is 96.3 Å². The summed E-state index contributed by atoms with van der Waals surface area (Å²) in [6, 6.07) is 0. The minimum Gasteiger partial charge on any atom is -0.481 e. The van der Waals surface area contributed by atoms with Crippen molar-refractivity contribution in [3.63, 3.8) is 0 Å². The van der Waals surface area contributed by atoms with Crippen LogP contribution < -0.4 is 10.6 Å². The summed E-state index contributed by atoms with van der Waals surface area (Å²) < 4.78 is 17.8. The number of esters is 2. The number of guanidine groups is 1. The number of fused-ring (bicyclic) bond motifs is 2. The number of nitrogens with one attached hydrogen (secondary N) is 2. The van der Waals surface area contributed by atoms with Crippen LogP contribution in [0.15, 0.2) is 52.6 Å². The topological polar surface area (TPSA) is 399 Å². The summed E-state index contributed by atoms with van der Waals surface area (Å²) in [7, 11) is 3.51. The van der Waals surface area contributed by atoms with Gasteiger partial charge in [-0.3, -0.25) is 19.4 Å². The Balaban J connectivity index is 2.49. The first-order valence-electron chi connectivity index (χ1n) is 31.0. The number of aliphatic hydroxyl groups is 13. The minimum absolute atomic E-state index is 0.00970. The molecule has 0 aromatic heterocycles. The fourth-order valence-corrected chi connectivity index (χ4v) is 11.2. The molecule has 1 saturated heterocycles. The molecule has 2 bridgehead atoms. The van der Waals surface area contributed by atoms with E-state index in [-0.39, 0.29) is 50.9 Å². The van der Waals surface area contributed by atoms with Crippen molar-refractivity contribution in [1.29, 1.82) is 0 Å². The van der Waals surface area contributed by atoms with Crippen LogP contribution in [0, 0.1) is 41.4 Å². The zero-order valence-electron chi connectivity index (χ0n) is 52.8. The molecule has 0 amide bonds. The van der Waals surface area contributed by atoms with Crippen molar-refractivity contribution in [2.45, 2.75) is 262 Å². The number of carbonyl (C=O) groups excluding carboxylic acids is 2. The van der Waals surface area contributed by atoms with Crippen molar-refractivity contribution < 1.29 is 100 Å². The molecule has 23 nitrogen and oxygen atoms in total. The van der Waals surface area contributed by atoms with Gasteiger partial charge in [-0.2, -0.15) is 0 Å². The lowest BCUT2D eigenvalue weighted by Gasteiger charge is -2.40. The molecule has 23 heteroatoms. The van der Waals surface area contributed by atoms with Gasteiger partial charge >= 0.3 is 17.9 Å². The number of hydrogen-bond acceptors (Lipinski definition) is 20. The Morgan fingerprint density at radius 2 is 1.36 bits per heavy atom. The van der Waals surface area contributed by atoms with Gasteiger partial charge in [-0.05, 0) is 89.5 Å². The van der Waals surface area contributed by atoms with E-state index in [0.29, 0.717) is 12.0 Å². The lowest BCUT2D eigenvalue weighted by molar-refractivity contribution is -0.189. The van der Waals surface area contributed by atoms with Crippen molar-refractivity contribution in [3.8, 4) is 0 Å². The molecule has 0 saturated carbocycles. The first kappa shape index (κ1) is 78.2. The molecule has 2 rings (SSSR count). The zero-order valence-corrected chi connectivity index (χ0v) is 52.8. The SMILES string of the molecule is CN=C(NC)NCCCCC/C=C(\C)C[C@H](C)[C@H]1OC(=O)[C@@H](C)[C@H](O)/C(C)=C/C[C@@H](O)[C@H](C)[C@@H](O)C[C@H](O)[C@@H](C)[C@H](O)CC[C@H](C)[C@@H](O)C[C@H]2O[C@@H](C[C@H](OC(=O)CC(=O)O)C[C@@H](O)C[C@H](O)[C@@H](O)[C@@H](C)[C@H](O)[C@H](O)/C=C/C=C/[C@@H]1C)C[C@H](O)[C@@H]2O. The zero-order chi connectivity index (χ0) is 65.1. The Bertz CT molecular complexity index is 2130. The summed E-state index contributed by atoms with van der Waals surface area (Å²) in [6.45, 7) is 16.1. The number of ether oxygens (including phenoxy) is 3. The van der Waals surface area contributed by atoms with Crippen molar-refractivity contribution in [3.05, 3.63) is 47.6 Å². The van der Waals surface area contributed by atoms with E-state index in [0.717, 1.165) is 43.8 Å². The first-order chi connectivity index (χ1) is 40.3. The summed E-state index contributed by atoms with van der Waals surface area (Å²) in [5, 5.41) is 160. The molecular weight excluding hydrogens is 1120 g/mol. The van der Waals surface area contributed by atoms with Crippen LogP contribution in [0.5, 0.6) is 0 Å². The second-order valence-electron chi connectivity index (χ2n) is 24.9. The van der Waals surface area contributed by atoms with Crippen LogP contribution in [0.2, 0.25) is 0 Å². The summed E-state index contributed by atoms with van der Waals surface area (Å²) in [4.78, 5) is 42.1. The van der Waals surface area contributed by atoms with Crippen LogP contribution in [0.1, 0.15) is 159 Å². The largest absolute Gasteiger partial charge is 0.481 e. The number of carboxylic acid groups (broad SMARTS) is 1. The lowest BCUT2D eigenvalue weighted by Crippen LogP contribution is -2.50. The van der Waals surface area contributed by atoms with Crippen molar-refractivity contribution in [2.24, 2.45) is 46.4 Å². The third kappa shape index (κ3) is 27.4. The number of unbranched alkanes of at least 4 members (excludes halogenated alkanes) is 3. The van der Waals surface area contributed by atoms with Crippen LogP contribution >= 0.6 is 0 Å². The highest BCUT2D eigenvalue weighted by atomic mass is 16.6. The number of aliphatic imine (C=N–C) groups is 1. The summed E-state index contributed by atoms with van der Waals surface area (Å²) in [6.07, 6.45) is -10.4. The van der Waals surface area contributed by atoms with Gasteiger partial charge in [-0.1, -0.05) is 90.0 Å². The van der Waals surface area contributed by atoms with Crippen LogP contribution in [-0.2, 0) is 28.6 Å². The summed E-state index contributed by atoms with van der Waals surface area (Å²) in [5.41, 5.74) is 1.48. The van der Waals surface area contributed by atoms with E-state index in [4.69, 9.17) is 14.2 Å². The molecule has 24 atom stereocenters. The maximum absolute atomic E-state index is 14.0. The molecule has 0 aromatic carbocycles. The molecule has 0 aromatic rings. The first-order valence-corrected chi connectivity index (χ1v) is 31.0. The third-order valence-corrected chi connectivity index (χ3v) is 17.5. The van der Waals surface area contributed by atoms with Gasteiger partial charge in [0.15, 0.2) is 5.96 Å². The Hall–Kier alpha value is -3.92. The molecular formula is C63H111N3O20. The standard InChI is InChI=1S/C63H111N3O20/c1-34(18-14-12-13-17-25-66-63(64-10)65-11)26-38(5)61-37(4)19-15-16-20-48(70)58(80)41(8)59(81)52(74)28-43(67)27-44(85-56(78)33-55(76)77)29-45-30-53(75)60(82)54(84-45)32-49(71)35(2)21-23-46(68)39(6)50(72)31-51(73)40(7)47(69)24-22-36(3)57(79)42(9)62(83)86-61/h15-16,18-20,22,35,37-54,57-61,67-75,79-82H,12-14,17,21,23-33H2,1-11H3,(H,76,77)(H2,64,65,66)/b19-15+,20-16+,34-18+,36-22+/t35-,37-,38-,39-,40-,41-,42-,43+,44+,45-,46+,47+,48+,49-,50-,51-,52-,53-,54+,57+,58-,59-,60-,61-/m0/s1. The molecule has 2 aliphatic heterocycles. The second kappa shape index (κ2) is 40.0. The van der Waals surface area contributed by atoms with Gasteiger partial charge in [0.05, 0.1) is 91.4 Å². The van der Waals surface area contributed by atoms with E-state index in [2.05, 4.69) is 21.7 Å². The summed E-state index contributed by atoms with van der Waals surface area (Å²) in [5.74, 6) is -7.52. The molecule has 0 spiro atoms. The number of hydrogen-bond donors (Lipinski definition) is 16. The molecule has 0 aliphatic carbocycles. The van der Waals surface area contributed by atoms with Crippen LogP contribution in [0.3, 0.4) is 0 Å². The number of nitrogens with zero attached hydrogens (tertiary/aromatic N) is 1. The van der Waals surface area contributed by atoms with Gasteiger partial charge in [-0.25, -0.2) is 0 Å². The molecule has 498 valence electrons. The molecule has 0 radical (unpaired) electrons. The van der Waals surface area contributed by atoms with Crippen molar-refractivity contribution in [1.82, 2.24) is 10.6 Å². The minimum atomic E-state index is -1.71. The van der Waals surface area contributed by atoms with E-state index in [1.807, 2.05) is 20.8 Å². The number of carboxylic acids is 1. The normalized spacial score (nSPS) is 39.4. The van der Waals surface area contributed by atoms with Gasteiger partial charge in [-0.15, -0.1) is 0 Å². The second-order valence-corrected chi connectivity index (χ2v) is 24.9. The third-order valence-electron chi connectivity index (χ3n) is 17.5. The highest BCUT2D eigenvalue weighted by Crippen LogP contribution is 2.33. The molecule has 0 unspecified atom stereocenters. The smallest absolute Gasteiger partial charge is 0.317 e. The highest BCUT2D eigenvalue weighted by Gasteiger charge is 2.41. The Labute approximate surface area is 510 Å². The maximum atomic E-state index is 14.0. The average molecular weight is 1230 g/mol. The molecule has 2 aliphatic rings. The van der Waals surface area contributed by atoms with E-state index < -0.39 is 176 Å². The van der Waals surface area contributed by atoms with E-state index in [1.54, 1.807) is 60.0 Å². The number of aliphatic hydroxyl groups excluding tert-OH is 13. The number of rotatable bonds is 12. The lowest BCUT2D eigenvalue weighted by atomic mass is 9.84. The highest BCUT2D eigenvalue weighted by molar-refractivity contribution is 5.90. The van der Waals surface area contributed by atoms with E-state index >= 15 is 0 Å². The fraction of sp³-hybridized carbons (Fsp3) is 0.810. The number of aliphatic carboxylic acids is 1. The van der Waals surface area contributed by atoms with Crippen molar-refractivity contribution >= 4 is 23.9 Å². The fourth-order valence-electron chi connectivity index (χ4n) is 11.2. The molecule has 86 heavy (non-hydrogen) atoms. The quantitative estimate of drug-likeness (QED) is 0.0333. The van der Waals surface area contributed by atoms with Gasteiger partial charge in [0.1, 0.15) is 24.7 Å². The van der Waals surface area contributed by atoms with Gasteiger partial charge in [0.2, 0.25) is 0 Å². The van der Waals surface area contributed by atoms with Gasteiger partial charge in [0.25, 0.3) is 0 Å². The molecule has 1 fully saturated rings. The number of allylic oxidation sites excluding steroid dienone is 4. The van der Waals surface area contributed by atoms with E-state index in [9.17, 15) is 85.9 Å². The van der Waals surface area contributed by atoms with Crippen LogP contribution in [0.25, 0.3) is 0 Å². The number of cyclic esters (lactones) is 1. The summed E-state index contributed by atoms with van der Waals surface area (Å²) >= 11 is 0. The van der Waals surface area contributed by atoms with Gasteiger partial charge in [0, 0.05) is 76.4 Å². The predicted molar refractivity (Wildman–Crippen MR) is 324 cm³/mol. The number of carbonyl (C=O) groups is 3. The molecule has 16 N–H and O–H groups in total.